The van der Waals surface area contributed by atoms with E-state index in [0.29, 0.717) is 5.75 Å². The van der Waals surface area contributed by atoms with Crippen LogP contribution in [0.4, 0.5) is 0 Å². The molecule has 0 saturated carbocycles. The Bertz CT molecular complexity index is 613. The van der Waals surface area contributed by atoms with Crippen molar-refractivity contribution in [1.82, 2.24) is 4.37 Å². The largest absolute Gasteiger partial charge is 0.292 e. The number of aromatic nitrogens is 1. The van der Waals surface area contributed by atoms with Crippen molar-refractivity contribution in [2.45, 2.75) is 5.75 Å². The number of ketones is 1. The molecule has 3 nitrogen and oxygen atoms in total. The Kier molecular flexibility index (Phi) is 5.10. The smallest absolute Gasteiger partial charge is 0.188 e. The summed E-state index contributed by atoms with van der Waals surface area (Å²) in [6.45, 7) is 0. The third kappa shape index (κ3) is 3.86. The van der Waals surface area contributed by atoms with Crippen molar-refractivity contribution in [3.63, 3.8) is 0 Å². The first-order valence-electron chi connectivity index (χ1n) is 5.30. The molecule has 0 aliphatic rings. The van der Waals surface area contributed by atoms with Crippen molar-refractivity contribution >= 4 is 51.3 Å². The highest BCUT2D eigenvalue weighted by atomic mass is 35.5. The maximum atomic E-state index is 11.9. The van der Waals surface area contributed by atoms with Gasteiger partial charge in [0.1, 0.15) is 9.90 Å². The molecule has 7 heteroatoms. The molecule has 0 radical (unpaired) electrons. The summed E-state index contributed by atoms with van der Waals surface area (Å²) in [5.41, 5.74) is 0.932. The molecule has 100 valence electrons. The molecule has 19 heavy (non-hydrogen) atoms. The summed E-state index contributed by atoms with van der Waals surface area (Å²) in [5.74, 6) is -0.0205. The van der Waals surface area contributed by atoms with E-state index in [4.69, 9.17) is 23.2 Å². The van der Waals surface area contributed by atoms with Crippen LogP contribution in [0.1, 0.15) is 15.2 Å². The van der Waals surface area contributed by atoms with E-state index in [0.717, 1.165) is 17.1 Å². The number of rotatable bonds is 5. The fraction of sp³-hybridized carbons (Fsp3) is 0.167. The first-order valence-corrected chi connectivity index (χ1v) is 8.32. The lowest BCUT2D eigenvalue weighted by Gasteiger charge is -2.01. The Balaban J connectivity index is 2.00. The number of halogens is 2. The summed E-state index contributed by atoms with van der Waals surface area (Å²) in [6, 6.07) is 9.37. The van der Waals surface area contributed by atoms with Gasteiger partial charge in [0.25, 0.3) is 0 Å². The van der Waals surface area contributed by atoms with E-state index >= 15 is 0 Å². The number of hydrogen-bond donors (Lipinski definition) is 0. The van der Waals surface area contributed by atoms with Crippen LogP contribution in [0.15, 0.2) is 30.3 Å². The molecule has 1 unspecified atom stereocenters. The number of Topliss-reactive ketones (excluding diaryl/α,β-unsaturated/α-hetero) is 1. The van der Waals surface area contributed by atoms with Crippen molar-refractivity contribution in [2.75, 3.05) is 5.75 Å². The van der Waals surface area contributed by atoms with Gasteiger partial charge in [-0.15, -0.1) is 0 Å². The number of nitrogens with zero attached hydrogens (tertiary/aromatic N) is 1. The van der Waals surface area contributed by atoms with Crippen LogP contribution in [0.25, 0.3) is 0 Å². The molecule has 2 aromatic rings. The normalized spacial score (nSPS) is 12.3. The molecule has 2 rings (SSSR count). The number of carbonyl (C=O) groups is 1. The van der Waals surface area contributed by atoms with Crippen molar-refractivity contribution in [3.05, 3.63) is 50.9 Å². The SMILES string of the molecule is O=C(CS(=O)Cc1ccccc1)c1snc(Cl)c1Cl. The van der Waals surface area contributed by atoms with E-state index in [1.165, 1.54) is 0 Å². The summed E-state index contributed by atoms with van der Waals surface area (Å²) in [4.78, 5) is 12.2. The highest BCUT2D eigenvalue weighted by Gasteiger charge is 2.19. The summed E-state index contributed by atoms with van der Waals surface area (Å²) >= 11 is 12.5. The zero-order valence-electron chi connectivity index (χ0n) is 9.64. The van der Waals surface area contributed by atoms with Crippen LogP contribution in [-0.2, 0) is 16.6 Å². The van der Waals surface area contributed by atoms with Crippen LogP contribution >= 0.6 is 34.7 Å². The Labute approximate surface area is 127 Å². The summed E-state index contributed by atoms with van der Waals surface area (Å²) < 4.78 is 15.7. The van der Waals surface area contributed by atoms with Crippen LogP contribution in [0.3, 0.4) is 0 Å². The van der Waals surface area contributed by atoms with Gasteiger partial charge in [-0.1, -0.05) is 53.5 Å². The fourth-order valence-electron chi connectivity index (χ4n) is 1.46. The second-order valence-corrected chi connectivity index (χ2v) is 6.72. The third-order valence-corrected chi connectivity index (χ3v) is 5.39. The maximum Gasteiger partial charge on any atom is 0.188 e. The number of carbonyl (C=O) groups excluding carboxylic acids is 1. The molecule has 0 amide bonds. The minimum atomic E-state index is -1.27. The molecule has 0 N–H and O–H groups in total. The topological polar surface area (TPSA) is 47.0 Å². The predicted molar refractivity (Wildman–Crippen MR) is 79.6 cm³/mol. The second kappa shape index (κ2) is 6.61. The van der Waals surface area contributed by atoms with Crippen molar-refractivity contribution in [3.8, 4) is 0 Å². The van der Waals surface area contributed by atoms with E-state index in [1.807, 2.05) is 30.3 Å². The molecule has 0 aliphatic heterocycles. The van der Waals surface area contributed by atoms with Crippen LogP contribution in [0.2, 0.25) is 10.2 Å². The zero-order chi connectivity index (χ0) is 13.8. The minimum Gasteiger partial charge on any atom is -0.292 e. The van der Waals surface area contributed by atoms with Crippen molar-refractivity contribution < 1.29 is 9.00 Å². The van der Waals surface area contributed by atoms with Gasteiger partial charge in [0.15, 0.2) is 10.9 Å². The lowest BCUT2D eigenvalue weighted by molar-refractivity contribution is 0.102. The molecule has 0 fully saturated rings. The zero-order valence-corrected chi connectivity index (χ0v) is 12.8. The molecule has 0 bridgehead atoms. The van der Waals surface area contributed by atoms with Gasteiger partial charge in [-0.05, 0) is 17.1 Å². The predicted octanol–water partition coefficient (Wildman–Crippen LogP) is 3.58. The van der Waals surface area contributed by atoms with Gasteiger partial charge >= 0.3 is 0 Å². The van der Waals surface area contributed by atoms with E-state index in [2.05, 4.69) is 4.37 Å². The van der Waals surface area contributed by atoms with Gasteiger partial charge in [-0.2, -0.15) is 4.37 Å². The monoisotopic (exact) mass is 333 g/mol. The second-order valence-electron chi connectivity index (χ2n) is 3.75. The van der Waals surface area contributed by atoms with Gasteiger partial charge in [-0.3, -0.25) is 9.00 Å². The molecule has 0 spiro atoms. The number of benzene rings is 1. The lowest BCUT2D eigenvalue weighted by Crippen LogP contribution is -2.11. The highest BCUT2D eigenvalue weighted by Crippen LogP contribution is 2.28. The van der Waals surface area contributed by atoms with Crippen LogP contribution in [-0.4, -0.2) is 20.1 Å². The molecule has 1 heterocycles. The van der Waals surface area contributed by atoms with E-state index in [-0.39, 0.29) is 26.6 Å². The Morgan fingerprint density at radius 2 is 1.95 bits per heavy atom. The molecular formula is C12H9Cl2NO2S2. The van der Waals surface area contributed by atoms with Gasteiger partial charge in [0.05, 0.1) is 5.75 Å². The Hall–Kier alpha value is -0.750. The summed E-state index contributed by atoms with van der Waals surface area (Å²) in [7, 11) is -1.27. The lowest BCUT2D eigenvalue weighted by atomic mass is 10.2. The van der Waals surface area contributed by atoms with Crippen LogP contribution in [0.5, 0.6) is 0 Å². The van der Waals surface area contributed by atoms with Crippen molar-refractivity contribution in [1.29, 1.82) is 0 Å². The molecule has 1 aromatic heterocycles. The summed E-state index contributed by atoms with van der Waals surface area (Å²) in [6.07, 6.45) is 0. The first-order chi connectivity index (χ1) is 9.08. The highest BCUT2D eigenvalue weighted by molar-refractivity contribution is 7.85. The number of hydrogen-bond acceptors (Lipinski definition) is 4. The quantitative estimate of drug-likeness (QED) is 0.785. The average Bonchev–Trinajstić information content (AvgIpc) is 2.71. The molecule has 1 aromatic carbocycles. The standard InChI is InChI=1S/C12H9Cl2NO2S2/c13-10-11(18-15-12(10)14)9(16)7-19(17)6-8-4-2-1-3-5-8/h1-5H,6-7H2. The van der Waals surface area contributed by atoms with E-state index in [1.54, 1.807) is 0 Å². The fourth-order valence-corrected chi connectivity index (χ4v) is 3.82. The molecule has 0 aliphatic carbocycles. The van der Waals surface area contributed by atoms with E-state index < -0.39 is 10.8 Å². The van der Waals surface area contributed by atoms with Crippen LogP contribution in [0, 0.1) is 0 Å². The van der Waals surface area contributed by atoms with Crippen molar-refractivity contribution in [2.24, 2.45) is 0 Å². The summed E-state index contributed by atoms with van der Waals surface area (Å²) in [5, 5.41) is 0.261. The Morgan fingerprint density at radius 1 is 1.26 bits per heavy atom. The van der Waals surface area contributed by atoms with Gasteiger partial charge < -0.3 is 0 Å². The van der Waals surface area contributed by atoms with Gasteiger partial charge in [0.2, 0.25) is 0 Å². The van der Waals surface area contributed by atoms with E-state index in [9.17, 15) is 9.00 Å². The third-order valence-electron chi connectivity index (χ3n) is 2.31. The molecule has 0 saturated heterocycles. The van der Waals surface area contributed by atoms with Crippen LogP contribution < -0.4 is 0 Å². The molecular weight excluding hydrogens is 325 g/mol. The first kappa shape index (κ1) is 14.7. The maximum absolute atomic E-state index is 11.9. The van der Waals surface area contributed by atoms with Gasteiger partial charge in [-0.25, -0.2) is 0 Å². The Morgan fingerprint density at radius 3 is 2.53 bits per heavy atom. The molecule has 1 atom stereocenters. The van der Waals surface area contributed by atoms with Gasteiger partial charge in [0, 0.05) is 16.6 Å². The average molecular weight is 334 g/mol. The minimum absolute atomic E-state index is 0.0763.